The van der Waals surface area contributed by atoms with Crippen LogP contribution in [0, 0.1) is 0 Å². The van der Waals surface area contributed by atoms with E-state index < -0.39 is 5.60 Å². The Balaban J connectivity index is 2.46. The molecule has 0 fully saturated rings. The predicted octanol–water partition coefficient (Wildman–Crippen LogP) is 2.74. The normalized spacial score (nSPS) is 13.6. The van der Waals surface area contributed by atoms with Crippen molar-refractivity contribution in [2.75, 3.05) is 13.7 Å². The molecule has 1 N–H and O–H groups in total. The van der Waals surface area contributed by atoms with Gasteiger partial charge < -0.3 is 14.6 Å². The third-order valence-electron chi connectivity index (χ3n) is 3.22. The van der Waals surface area contributed by atoms with E-state index in [1.54, 1.807) is 32.5 Å². The summed E-state index contributed by atoms with van der Waals surface area (Å²) in [5, 5.41) is 10.9. The third kappa shape index (κ3) is 2.75. The molecule has 0 aliphatic heterocycles. The Morgan fingerprint density at radius 1 is 1.25 bits per heavy atom. The number of benzene rings is 1. The fourth-order valence-corrected chi connectivity index (χ4v) is 2.13. The molecule has 0 bridgehead atoms. The third-order valence-corrected chi connectivity index (χ3v) is 3.22. The summed E-state index contributed by atoms with van der Waals surface area (Å²) in [6.07, 6.45) is 3.26. The van der Waals surface area contributed by atoms with Gasteiger partial charge in [-0.3, -0.25) is 4.98 Å². The van der Waals surface area contributed by atoms with Crippen molar-refractivity contribution in [1.29, 1.82) is 0 Å². The van der Waals surface area contributed by atoms with Crippen LogP contribution in [0.3, 0.4) is 0 Å². The number of nitrogens with zero attached hydrogens (tertiary/aromatic N) is 1. The smallest absolute Gasteiger partial charge is 0.137 e. The van der Waals surface area contributed by atoms with Gasteiger partial charge in [0.25, 0.3) is 0 Å². The lowest BCUT2D eigenvalue weighted by atomic mass is 9.88. The SMILES string of the molecule is CCOc1cncc(C(C)(O)c2ccccc2OC)c1. The van der Waals surface area contributed by atoms with Gasteiger partial charge >= 0.3 is 0 Å². The molecule has 0 radical (unpaired) electrons. The zero-order valence-corrected chi connectivity index (χ0v) is 12.0. The number of hydrogen-bond acceptors (Lipinski definition) is 4. The highest BCUT2D eigenvalue weighted by atomic mass is 16.5. The van der Waals surface area contributed by atoms with Gasteiger partial charge in [0.15, 0.2) is 0 Å². The average Bonchev–Trinajstić information content (AvgIpc) is 2.48. The zero-order chi connectivity index (χ0) is 14.6. The molecule has 1 aromatic carbocycles. The Bertz CT molecular complexity index is 581. The van der Waals surface area contributed by atoms with Gasteiger partial charge in [0.05, 0.1) is 19.9 Å². The molecule has 2 rings (SSSR count). The Morgan fingerprint density at radius 2 is 2.00 bits per heavy atom. The van der Waals surface area contributed by atoms with Crippen molar-refractivity contribution < 1.29 is 14.6 Å². The highest BCUT2D eigenvalue weighted by Gasteiger charge is 2.29. The number of rotatable bonds is 5. The molecule has 0 aliphatic carbocycles. The molecule has 0 saturated heterocycles. The fourth-order valence-electron chi connectivity index (χ4n) is 2.13. The minimum Gasteiger partial charge on any atom is -0.496 e. The highest BCUT2D eigenvalue weighted by Crippen LogP contribution is 2.35. The Labute approximate surface area is 119 Å². The summed E-state index contributed by atoms with van der Waals surface area (Å²) in [4.78, 5) is 4.12. The van der Waals surface area contributed by atoms with Gasteiger partial charge in [-0.15, -0.1) is 0 Å². The van der Waals surface area contributed by atoms with Crippen molar-refractivity contribution in [2.45, 2.75) is 19.4 Å². The van der Waals surface area contributed by atoms with Crippen LogP contribution in [0.25, 0.3) is 0 Å². The van der Waals surface area contributed by atoms with Gasteiger partial charge in [-0.1, -0.05) is 18.2 Å². The van der Waals surface area contributed by atoms with Crippen LogP contribution < -0.4 is 9.47 Å². The molecule has 1 atom stereocenters. The minimum absolute atomic E-state index is 0.557. The van der Waals surface area contributed by atoms with Crippen LogP contribution in [0.5, 0.6) is 11.5 Å². The molecule has 0 spiro atoms. The standard InChI is InChI=1S/C16H19NO3/c1-4-20-13-9-12(10-17-11-13)16(2,18)14-7-5-6-8-15(14)19-3/h5-11,18H,4H2,1-3H3. The van der Waals surface area contributed by atoms with Crippen molar-refractivity contribution >= 4 is 0 Å². The molecule has 106 valence electrons. The predicted molar refractivity (Wildman–Crippen MR) is 77.1 cm³/mol. The van der Waals surface area contributed by atoms with E-state index in [4.69, 9.17) is 9.47 Å². The fraction of sp³-hybridized carbons (Fsp3) is 0.312. The van der Waals surface area contributed by atoms with E-state index in [1.807, 2.05) is 31.2 Å². The van der Waals surface area contributed by atoms with Crippen LogP contribution in [0.1, 0.15) is 25.0 Å². The van der Waals surface area contributed by atoms with Crippen LogP contribution in [-0.2, 0) is 5.60 Å². The molecular formula is C16H19NO3. The van der Waals surface area contributed by atoms with Crippen LogP contribution >= 0.6 is 0 Å². The van der Waals surface area contributed by atoms with Crippen molar-refractivity contribution in [3.8, 4) is 11.5 Å². The van der Waals surface area contributed by atoms with Crippen LogP contribution in [0.2, 0.25) is 0 Å². The first kappa shape index (κ1) is 14.3. The maximum absolute atomic E-state index is 10.9. The van der Waals surface area contributed by atoms with Crippen molar-refractivity contribution in [1.82, 2.24) is 4.98 Å². The van der Waals surface area contributed by atoms with Crippen molar-refractivity contribution in [2.24, 2.45) is 0 Å². The lowest BCUT2D eigenvalue weighted by Crippen LogP contribution is -2.23. The van der Waals surface area contributed by atoms with Crippen LogP contribution in [-0.4, -0.2) is 23.8 Å². The number of hydrogen-bond donors (Lipinski definition) is 1. The molecule has 2 aromatic rings. The molecule has 1 unspecified atom stereocenters. The van der Waals surface area contributed by atoms with E-state index in [0.29, 0.717) is 29.2 Å². The average molecular weight is 273 g/mol. The van der Waals surface area contributed by atoms with Gasteiger partial charge in [0.2, 0.25) is 0 Å². The van der Waals surface area contributed by atoms with Gasteiger partial charge in [-0.25, -0.2) is 0 Å². The summed E-state index contributed by atoms with van der Waals surface area (Å²) in [6.45, 7) is 4.19. The molecule has 1 heterocycles. The summed E-state index contributed by atoms with van der Waals surface area (Å²) in [5.74, 6) is 1.28. The van der Waals surface area contributed by atoms with E-state index >= 15 is 0 Å². The van der Waals surface area contributed by atoms with E-state index in [0.717, 1.165) is 0 Å². The quantitative estimate of drug-likeness (QED) is 0.910. The summed E-state index contributed by atoms with van der Waals surface area (Å²) in [5.41, 5.74) is 0.151. The topological polar surface area (TPSA) is 51.6 Å². The maximum atomic E-state index is 10.9. The van der Waals surface area contributed by atoms with Gasteiger partial charge in [-0.05, 0) is 26.0 Å². The number of methoxy groups -OCH3 is 1. The number of pyridine rings is 1. The van der Waals surface area contributed by atoms with E-state index in [1.165, 1.54) is 0 Å². The lowest BCUT2D eigenvalue weighted by Gasteiger charge is -2.26. The molecule has 0 saturated carbocycles. The number of ether oxygens (including phenoxy) is 2. The van der Waals surface area contributed by atoms with E-state index in [-0.39, 0.29) is 0 Å². The highest BCUT2D eigenvalue weighted by molar-refractivity contribution is 5.44. The van der Waals surface area contributed by atoms with Crippen LogP contribution in [0.15, 0.2) is 42.7 Å². The Morgan fingerprint density at radius 3 is 2.70 bits per heavy atom. The zero-order valence-electron chi connectivity index (χ0n) is 12.0. The number of aromatic nitrogens is 1. The number of aliphatic hydroxyl groups is 1. The second-order valence-corrected chi connectivity index (χ2v) is 4.61. The second kappa shape index (κ2) is 5.92. The van der Waals surface area contributed by atoms with Crippen molar-refractivity contribution in [3.05, 3.63) is 53.9 Å². The molecule has 0 aliphatic rings. The summed E-state index contributed by atoms with van der Waals surface area (Å²) < 4.78 is 10.7. The molecule has 1 aromatic heterocycles. The van der Waals surface area contributed by atoms with Gasteiger partial charge in [0.1, 0.15) is 17.1 Å². The number of para-hydroxylation sites is 1. The first-order chi connectivity index (χ1) is 9.59. The minimum atomic E-state index is -1.20. The Hall–Kier alpha value is -2.07. The van der Waals surface area contributed by atoms with Crippen LogP contribution in [0.4, 0.5) is 0 Å². The van der Waals surface area contributed by atoms with Gasteiger partial charge in [0, 0.05) is 17.3 Å². The summed E-state index contributed by atoms with van der Waals surface area (Å²) >= 11 is 0. The second-order valence-electron chi connectivity index (χ2n) is 4.61. The molecular weight excluding hydrogens is 254 g/mol. The first-order valence-electron chi connectivity index (χ1n) is 6.53. The Kier molecular flexibility index (Phi) is 4.25. The molecule has 20 heavy (non-hydrogen) atoms. The lowest BCUT2D eigenvalue weighted by molar-refractivity contribution is 0.0981. The van der Waals surface area contributed by atoms with E-state index in [9.17, 15) is 5.11 Å². The molecule has 4 nitrogen and oxygen atoms in total. The van der Waals surface area contributed by atoms with E-state index in [2.05, 4.69) is 4.98 Å². The summed E-state index contributed by atoms with van der Waals surface area (Å²) in [6, 6.07) is 9.19. The monoisotopic (exact) mass is 273 g/mol. The first-order valence-corrected chi connectivity index (χ1v) is 6.53. The van der Waals surface area contributed by atoms with Crippen molar-refractivity contribution in [3.63, 3.8) is 0 Å². The molecule has 4 heteroatoms. The summed E-state index contributed by atoms with van der Waals surface area (Å²) in [7, 11) is 1.59. The molecule has 0 amide bonds. The maximum Gasteiger partial charge on any atom is 0.137 e. The largest absolute Gasteiger partial charge is 0.496 e. The van der Waals surface area contributed by atoms with Gasteiger partial charge in [-0.2, -0.15) is 0 Å².